The van der Waals surface area contributed by atoms with Gasteiger partial charge in [0.25, 0.3) is 0 Å². The number of ether oxygens (including phenoxy) is 5. The van der Waals surface area contributed by atoms with Gasteiger partial charge in [-0.2, -0.15) is 15.1 Å². The van der Waals surface area contributed by atoms with E-state index in [1.807, 2.05) is 78.0 Å². The molecular weight excluding hydrogens is 959 g/mol. The highest BCUT2D eigenvalue weighted by molar-refractivity contribution is 6.33. The van der Waals surface area contributed by atoms with E-state index in [0.29, 0.717) is 65.5 Å². The van der Waals surface area contributed by atoms with Crippen LogP contribution in [0.3, 0.4) is 0 Å². The molecule has 14 nitrogen and oxygen atoms in total. The molecule has 4 fully saturated rings. The van der Waals surface area contributed by atoms with Crippen molar-refractivity contribution in [2.75, 3.05) is 56.9 Å². The quantitative estimate of drug-likeness (QED) is 0.0968. The van der Waals surface area contributed by atoms with Crippen LogP contribution in [0.4, 0.5) is 24.8 Å². The lowest BCUT2D eigenvalue weighted by Gasteiger charge is -2.47. The Morgan fingerprint density at radius 1 is 0.932 bits per heavy atom. The van der Waals surface area contributed by atoms with E-state index in [1.54, 1.807) is 20.4 Å². The van der Waals surface area contributed by atoms with E-state index in [0.717, 1.165) is 73.3 Å². The minimum Gasteiger partial charge on any atom is -0.497 e. The first-order chi connectivity index (χ1) is 35.5. The summed E-state index contributed by atoms with van der Waals surface area (Å²) < 4.78 is 81.4. The second-order valence-corrected chi connectivity index (χ2v) is 20.7. The van der Waals surface area contributed by atoms with Gasteiger partial charge in [0.1, 0.15) is 64.9 Å². The van der Waals surface area contributed by atoms with Crippen molar-refractivity contribution in [3.8, 4) is 34.6 Å². The maximum absolute atomic E-state index is 18.4. The van der Waals surface area contributed by atoms with Crippen molar-refractivity contribution in [3.63, 3.8) is 0 Å². The van der Waals surface area contributed by atoms with E-state index in [2.05, 4.69) is 9.80 Å². The molecule has 1 aliphatic carbocycles. The molecule has 0 spiro atoms. The molecule has 4 aromatic heterocycles. The van der Waals surface area contributed by atoms with Gasteiger partial charge in [-0.25, -0.2) is 27.8 Å². The summed E-state index contributed by atoms with van der Waals surface area (Å²) in [5.41, 5.74) is 3.98. The first-order valence-electron chi connectivity index (χ1n) is 25.3. The number of hydrogen-bond acceptors (Lipinski definition) is 13. The van der Waals surface area contributed by atoms with Gasteiger partial charge in [0, 0.05) is 60.7 Å². The molecule has 73 heavy (non-hydrogen) atoms. The molecule has 5 atom stereocenters. The highest BCUT2D eigenvalue weighted by Gasteiger charge is 2.53. The van der Waals surface area contributed by atoms with Crippen molar-refractivity contribution in [2.24, 2.45) is 0 Å². The van der Waals surface area contributed by atoms with E-state index in [4.69, 9.17) is 60.3 Å². The zero-order valence-corrected chi connectivity index (χ0v) is 42.0. The van der Waals surface area contributed by atoms with E-state index in [9.17, 15) is 4.39 Å². The first kappa shape index (κ1) is 47.6. The van der Waals surface area contributed by atoms with Gasteiger partial charge >= 0.3 is 6.01 Å². The second kappa shape index (κ2) is 19.1. The summed E-state index contributed by atoms with van der Waals surface area (Å²) in [6, 6.07) is 17.8. The van der Waals surface area contributed by atoms with E-state index < -0.39 is 35.4 Å². The van der Waals surface area contributed by atoms with Gasteiger partial charge in [0.2, 0.25) is 5.88 Å². The van der Waals surface area contributed by atoms with Crippen LogP contribution in [0, 0.1) is 11.6 Å². The number of fused-ring (bicyclic) bond motifs is 2. The number of pyridine rings is 2. The molecule has 5 aliphatic rings. The molecule has 380 valence electrons. The highest BCUT2D eigenvalue weighted by Crippen LogP contribution is 2.53. The third kappa shape index (κ3) is 8.70. The molecule has 0 bridgehead atoms. The standard InChI is InChI=1S/C55H57ClF3N9O5/c1-31-29-72-53-47-50(48(59)49(62-53)46-41-25-61-68(44-7-5-6-20-71-44)43(41)22-42(56)45(46)35-12-13-35)63-54(73-30-55-18-19-66(55)28-37(58)23-55)64-52(47)67(31)32(2)40-21-36(57)24-60-51(40)65(26-33-8-14-38(69-3)15-9-33)27-34-10-16-39(70-4)17-11-34/h8-11,14-17,21-22,24-25,31-32,35,37,44H,5-7,12-13,18-20,23,26-30H2,1-4H3/t31-,32+,37+,44?,55?/m0/s1. The number of hydrogen-bond donors (Lipinski definition) is 0. The molecule has 18 heteroatoms. The zero-order chi connectivity index (χ0) is 50.1. The number of aromatic nitrogens is 6. The molecule has 3 aromatic carbocycles. The van der Waals surface area contributed by atoms with Crippen LogP contribution in [-0.4, -0.2) is 99.5 Å². The molecule has 0 amide bonds. The predicted molar refractivity (Wildman–Crippen MR) is 272 cm³/mol. The lowest BCUT2D eigenvalue weighted by atomic mass is 9.86. The normalized spacial score (nSPS) is 22.1. The van der Waals surface area contributed by atoms with Crippen LogP contribution in [-0.2, 0) is 17.8 Å². The largest absolute Gasteiger partial charge is 0.497 e. The van der Waals surface area contributed by atoms with Crippen molar-refractivity contribution >= 4 is 45.0 Å². The third-order valence-electron chi connectivity index (χ3n) is 15.5. The van der Waals surface area contributed by atoms with E-state index >= 15 is 8.78 Å². The lowest BCUT2D eigenvalue weighted by Crippen LogP contribution is -2.59. The molecular formula is C55H57ClF3N9O5. The van der Waals surface area contributed by atoms with Crippen molar-refractivity contribution in [3.05, 3.63) is 112 Å². The number of alkyl halides is 1. The Morgan fingerprint density at radius 2 is 1.67 bits per heavy atom. The summed E-state index contributed by atoms with van der Waals surface area (Å²) >= 11 is 7.24. The van der Waals surface area contributed by atoms with Gasteiger partial charge in [-0.3, -0.25) is 4.90 Å². The minimum atomic E-state index is -0.983. The lowest BCUT2D eigenvalue weighted by molar-refractivity contribution is -0.0366. The van der Waals surface area contributed by atoms with Crippen LogP contribution in [0.25, 0.3) is 33.1 Å². The van der Waals surface area contributed by atoms with Crippen LogP contribution < -0.4 is 28.7 Å². The molecule has 12 rings (SSSR count). The van der Waals surface area contributed by atoms with E-state index in [1.165, 1.54) is 12.3 Å². The average molecular weight is 1020 g/mol. The van der Waals surface area contributed by atoms with Crippen LogP contribution in [0.2, 0.25) is 5.02 Å². The van der Waals surface area contributed by atoms with E-state index in [-0.39, 0.29) is 59.7 Å². The van der Waals surface area contributed by atoms with Gasteiger partial charge in [-0.1, -0.05) is 35.9 Å². The Kier molecular flexibility index (Phi) is 12.5. The third-order valence-corrected chi connectivity index (χ3v) is 15.9. The summed E-state index contributed by atoms with van der Waals surface area (Å²) in [6.07, 6.45) is 7.29. The van der Waals surface area contributed by atoms with Crippen LogP contribution in [0.1, 0.15) is 99.2 Å². The molecule has 1 saturated carbocycles. The maximum atomic E-state index is 18.4. The van der Waals surface area contributed by atoms with Gasteiger partial charge < -0.3 is 33.5 Å². The smallest absolute Gasteiger partial charge is 0.319 e. The Hall–Kier alpha value is -6.43. The number of halogens is 4. The van der Waals surface area contributed by atoms with Crippen molar-refractivity contribution in [2.45, 2.75) is 108 Å². The summed E-state index contributed by atoms with van der Waals surface area (Å²) in [7, 11) is 3.25. The Labute approximate surface area is 426 Å². The summed E-state index contributed by atoms with van der Waals surface area (Å²) in [5, 5.41) is 6.23. The molecule has 4 aliphatic heterocycles. The molecule has 3 saturated heterocycles. The number of benzene rings is 3. The summed E-state index contributed by atoms with van der Waals surface area (Å²) in [5.74, 6) is 1.24. The maximum Gasteiger partial charge on any atom is 0.319 e. The Morgan fingerprint density at radius 3 is 2.32 bits per heavy atom. The van der Waals surface area contributed by atoms with Crippen LogP contribution in [0.5, 0.6) is 23.4 Å². The van der Waals surface area contributed by atoms with Gasteiger partial charge in [0.15, 0.2) is 12.0 Å². The topological polar surface area (TPSA) is 125 Å². The SMILES string of the molecule is COc1ccc(CN(Cc2ccc(OC)cc2)c2ncc(F)cc2[C@@H](C)N2c3nc(OCC45CCN4C[C@H](F)C5)nc4c(F)c(-c5c(C6CC6)c(Cl)cc6c5cnn6C5CCCCO5)nc(c34)OC[C@@H]2C)cc1. The molecule has 0 N–H and O–H groups in total. The number of nitrogens with zero attached hydrogens (tertiary/aromatic N) is 9. The van der Waals surface area contributed by atoms with Gasteiger partial charge in [-0.15, -0.1) is 0 Å². The van der Waals surface area contributed by atoms with Crippen molar-refractivity contribution in [1.82, 2.24) is 34.6 Å². The van der Waals surface area contributed by atoms with Crippen molar-refractivity contribution < 1.29 is 36.9 Å². The van der Waals surface area contributed by atoms with Crippen LogP contribution >= 0.6 is 11.6 Å². The minimum absolute atomic E-state index is 0.0231. The molecule has 8 heterocycles. The predicted octanol–water partition coefficient (Wildman–Crippen LogP) is 11.1. The summed E-state index contributed by atoms with van der Waals surface area (Å²) in [6.45, 7) is 6.67. The van der Waals surface area contributed by atoms with Crippen LogP contribution in [0.15, 0.2) is 73.1 Å². The second-order valence-electron chi connectivity index (χ2n) is 20.3. The molecule has 2 unspecified atom stereocenters. The first-order valence-corrected chi connectivity index (χ1v) is 25.7. The molecule has 7 aromatic rings. The van der Waals surface area contributed by atoms with Crippen molar-refractivity contribution in [1.29, 1.82) is 0 Å². The molecule has 0 radical (unpaired) electrons. The average Bonchev–Trinajstić information content (AvgIpc) is 4.14. The fourth-order valence-electron chi connectivity index (χ4n) is 11.5. The summed E-state index contributed by atoms with van der Waals surface area (Å²) in [4.78, 5) is 26.1. The number of methoxy groups -OCH3 is 2. The highest BCUT2D eigenvalue weighted by atomic mass is 35.5. The fourth-order valence-corrected chi connectivity index (χ4v) is 11.9. The Bertz CT molecular complexity index is 3160. The monoisotopic (exact) mass is 1020 g/mol. The van der Waals surface area contributed by atoms with Gasteiger partial charge in [0.05, 0.1) is 49.8 Å². The number of anilines is 2. The number of rotatable bonds is 15. The zero-order valence-electron chi connectivity index (χ0n) is 41.3. The fraction of sp³-hybridized carbons (Fsp3) is 0.436. The Balaban J connectivity index is 1.01. The van der Waals surface area contributed by atoms with Gasteiger partial charge in [-0.05, 0) is 111 Å².